The van der Waals surface area contributed by atoms with Crippen LogP contribution in [0.5, 0.6) is 5.75 Å². The molecule has 0 aliphatic rings. The summed E-state index contributed by atoms with van der Waals surface area (Å²) in [6.45, 7) is 3.58. The lowest BCUT2D eigenvalue weighted by Gasteiger charge is -2.16. The Bertz CT molecular complexity index is 593. The van der Waals surface area contributed by atoms with Gasteiger partial charge in [-0.15, -0.1) is 0 Å². The summed E-state index contributed by atoms with van der Waals surface area (Å²) < 4.78 is 5.16. The molecule has 0 bridgehead atoms. The second-order valence-electron chi connectivity index (χ2n) is 5.69. The predicted molar refractivity (Wildman–Crippen MR) is 93.9 cm³/mol. The number of hydrogen-bond acceptors (Lipinski definition) is 3. The zero-order valence-corrected chi connectivity index (χ0v) is 13.9. The number of ketones is 1. The molecule has 0 aliphatic heterocycles. The molecule has 0 spiro atoms. The van der Waals surface area contributed by atoms with E-state index in [0.29, 0.717) is 6.54 Å². The molecule has 0 amide bonds. The predicted octanol–water partition coefficient (Wildman–Crippen LogP) is 4.08. The third kappa shape index (κ3) is 5.22. The molecule has 1 N–H and O–H groups in total. The fourth-order valence-electron chi connectivity index (χ4n) is 2.65. The molecule has 2 rings (SSSR count). The highest BCUT2D eigenvalue weighted by molar-refractivity contribution is 5.97. The van der Waals surface area contributed by atoms with Crippen LogP contribution in [0.25, 0.3) is 0 Å². The van der Waals surface area contributed by atoms with Crippen molar-refractivity contribution in [3.8, 4) is 5.75 Å². The minimum Gasteiger partial charge on any atom is -0.497 e. The fraction of sp³-hybridized carbons (Fsp3) is 0.350. The molecule has 0 aromatic heterocycles. The minimum atomic E-state index is 0.0284. The monoisotopic (exact) mass is 311 g/mol. The largest absolute Gasteiger partial charge is 0.497 e. The van der Waals surface area contributed by atoms with Crippen LogP contribution in [-0.4, -0.2) is 19.4 Å². The van der Waals surface area contributed by atoms with Crippen LogP contribution in [0.1, 0.15) is 35.7 Å². The summed E-state index contributed by atoms with van der Waals surface area (Å²) in [6, 6.07) is 17.6. The summed E-state index contributed by atoms with van der Waals surface area (Å²) >= 11 is 0. The van der Waals surface area contributed by atoms with Crippen LogP contribution in [0.15, 0.2) is 54.6 Å². The molecule has 23 heavy (non-hydrogen) atoms. The number of benzene rings is 2. The summed E-state index contributed by atoms with van der Waals surface area (Å²) in [6.07, 6.45) is 1.91. The van der Waals surface area contributed by atoms with Crippen molar-refractivity contribution < 1.29 is 9.53 Å². The molecule has 0 saturated heterocycles. The van der Waals surface area contributed by atoms with Crippen molar-refractivity contribution in [2.24, 2.45) is 5.92 Å². The van der Waals surface area contributed by atoms with Gasteiger partial charge in [-0.05, 0) is 24.1 Å². The van der Waals surface area contributed by atoms with Crippen molar-refractivity contribution in [1.82, 2.24) is 5.32 Å². The standard InChI is InChI=1S/C20H25NO2/c1-3-7-18(20(22)17-8-5-4-6-9-17)15-21-14-16-10-12-19(23-2)13-11-16/h4-6,8-13,18,21H,3,7,14-15H2,1-2H3. The van der Waals surface area contributed by atoms with Gasteiger partial charge in [-0.3, -0.25) is 4.79 Å². The Kier molecular flexibility index (Phi) is 6.82. The number of carbonyl (C=O) groups excluding carboxylic acids is 1. The van der Waals surface area contributed by atoms with Gasteiger partial charge in [0.05, 0.1) is 7.11 Å². The Morgan fingerprint density at radius 1 is 1.09 bits per heavy atom. The Morgan fingerprint density at radius 2 is 1.78 bits per heavy atom. The molecular weight excluding hydrogens is 286 g/mol. The van der Waals surface area contributed by atoms with Gasteiger partial charge in [-0.25, -0.2) is 0 Å². The number of rotatable bonds is 9. The summed E-state index contributed by atoms with van der Waals surface area (Å²) in [5.74, 6) is 1.12. The van der Waals surface area contributed by atoms with Crippen molar-refractivity contribution in [2.75, 3.05) is 13.7 Å². The van der Waals surface area contributed by atoms with Gasteiger partial charge in [0, 0.05) is 24.6 Å². The van der Waals surface area contributed by atoms with E-state index in [2.05, 4.69) is 12.2 Å². The van der Waals surface area contributed by atoms with E-state index in [9.17, 15) is 4.79 Å². The van der Waals surface area contributed by atoms with E-state index in [4.69, 9.17) is 4.74 Å². The van der Waals surface area contributed by atoms with Crippen molar-refractivity contribution in [1.29, 1.82) is 0 Å². The van der Waals surface area contributed by atoms with Crippen LogP contribution >= 0.6 is 0 Å². The maximum absolute atomic E-state index is 12.6. The van der Waals surface area contributed by atoms with Crippen molar-refractivity contribution in [3.05, 3.63) is 65.7 Å². The first kappa shape index (κ1) is 17.2. The van der Waals surface area contributed by atoms with Gasteiger partial charge in [0.1, 0.15) is 5.75 Å². The van der Waals surface area contributed by atoms with Gasteiger partial charge >= 0.3 is 0 Å². The fourth-order valence-corrected chi connectivity index (χ4v) is 2.65. The second kappa shape index (κ2) is 9.11. The van der Waals surface area contributed by atoms with E-state index >= 15 is 0 Å². The Hall–Kier alpha value is -2.13. The zero-order chi connectivity index (χ0) is 16.5. The van der Waals surface area contributed by atoms with Gasteiger partial charge in [0.2, 0.25) is 0 Å². The lowest BCUT2D eigenvalue weighted by Crippen LogP contribution is -2.28. The van der Waals surface area contributed by atoms with Crippen LogP contribution in [0.4, 0.5) is 0 Å². The van der Waals surface area contributed by atoms with E-state index in [-0.39, 0.29) is 11.7 Å². The smallest absolute Gasteiger partial charge is 0.167 e. The molecule has 1 atom stereocenters. The highest BCUT2D eigenvalue weighted by atomic mass is 16.5. The number of nitrogens with one attached hydrogen (secondary N) is 1. The molecule has 3 nitrogen and oxygen atoms in total. The SMILES string of the molecule is CCCC(CNCc1ccc(OC)cc1)C(=O)c1ccccc1. The molecule has 3 heteroatoms. The normalized spacial score (nSPS) is 11.9. The summed E-state index contributed by atoms with van der Waals surface area (Å²) in [5, 5.41) is 3.41. The van der Waals surface area contributed by atoms with Crippen molar-refractivity contribution >= 4 is 5.78 Å². The number of hydrogen-bond donors (Lipinski definition) is 1. The zero-order valence-electron chi connectivity index (χ0n) is 13.9. The number of ether oxygens (including phenoxy) is 1. The maximum Gasteiger partial charge on any atom is 0.167 e. The van der Waals surface area contributed by atoms with Crippen LogP contribution < -0.4 is 10.1 Å². The highest BCUT2D eigenvalue weighted by Crippen LogP contribution is 2.15. The Morgan fingerprint density at radius 3 is 2.39 bits per heavy atom. The number of carbonyl (C=O) groups is 1. The lowest BCUT2D eigenvalue weighted by atomic mass is 9.93. The second-order valence-corrected chi connectivity index (χ2v) is 5.69. The molecule has 2 aromatic rings. The van der Waals surface area contributed by atoms with E-state index in [1.165, 1.54) is 5.56 Å². The Labute approximate surface area is 138 Å². The van der Waals surface area contributed by atoms with E-state index in [1.807, 2.05) is 54.6 Å². The van der Waals surface area contributed by atoms with Crippen LogP contribution in [0, 0.1) is 5.92 Å². The van der Waals surface area contributed by atoms with Gasteiger partial charge in [-0.1, -0.05) is 55.8 Å². The highest BCUT2D eigenvalue weighted by Gasteiger charge is 2.18. The molecular formula is C20H25NO2. The first-order valence-corrected chi connectivity index (χ1v) is 8.17. The van der Waals surface area contributed by atoms with Gasteiger partial charge in [0.15, 0.2) is 5.78 Å². The number of methoxy groups -OCH3 is 1. The third-order valence-electron chi connectivity index (χ3n) is 3.95. The van der Waals surface area contributed by atoms with Crippen LogP contribution in [-0.2, 0) is 6.54 Å². The molecule has 122 valence electrons. The summed E-state index contributed by atoms with van der Waals surface area (Å²) in [7, 11) is 1.66. The van der Waals surface area contributed by atoms with Gasteiger partial charge < -0.3 is 10.1 Å². The first-order valence-electron chi connectivity index (χ1n) is 8.17. The topological polar surface area (TPSA) is 38.3 Å². The summed E-state index contributed by atoms with van der Waals surface area (Å²) in [4.78, 5) is 12.6. The number of Topliss-reactive ketones (excluding diaryl/α,β-unsaturated/α-hetero) is 1. The molecule has 0 aliphatic carbocycles. The van der Waals surface area contributed by atoms with Crippen molar-refractivity contribution in [2.45, 2.75) is 26.3 Å². The molecule has 1 unspecified atom stereocenters. The van der Waals surface area contributed by atoms with Crippen LogP contribution in [0.2, 0.25) is 0 Å². The van der Waals surface area contributed by atoms with E-state index in [0.717, 1.165) is 30.7 Å². The lowest BCUT2D eigenvalue weighted by molar-refractivity contribution is 0.0911. The summed E-state index contributed by atoms with van der Waals surface area (Å²) in [5.41, 5.74) is 1.99. The third-order valence-corrected chi connectivity index (χ3v) is 3.95. The molecule has 0 heterocycles. The maximum atomic E-state index is 12.6. The molecule has 0 fully saturated rings. The molecule has 0 saturated carbocycles. The van der Waals surface area contributed by atoms with Crippen LogP contribution in [0.3, 0.4) is 0 Å². The van der Waals surface area contributed by atoms with Gasteiger partial charge in [-0.2, -0.15) is 0 Å². The van der Waals surface area contributed by atoms with E-state index < -0.39 is 0 Å². The minimum absolute atomic E-state index is 0.0284. The Balaban J connectivity index is 1.90. The van der Waals surface area contributed by atoms with E-state index in [1.54, 1.807) is 7.11 Å². The van der Waals surface area contributed by atoms with Crippen molar-refractivity contribution in [3.63, 3.8) is 0 Å². The average molecular weight is 311 g/mol. The average Bonchev–Trinajstić information content (AvgIpc) is 2.61. The van der Waals surface area contributed by atoms with Gasteiger partial charge in [0.25, 0.3) is 0 Å². The molecule has 2 aromatic carbocycles. The quantitative estimate of drug-likeness (QED) is 0.709. The molecule has 0 radical (unpaired) electrons. The first-order chi connectivity index (χ1) is 11.2.